The van der Waals surface area contributed by atoms with Crippen LogP contribution >= 0.6 is 0 Å². The number of nitrogens with two attached hydrogens (primary N) is 1. The van der Waals surface area contributed by atoms with Crippen LogP contribution in [0.15, 0.2) is 10.7 Å². The third-order valence-corrected chi connectivity index (χ3v) is 2.43. The van der Waals surface area contributed by atoms with E-state index in [9.17, 15) is 0 Å². The van der Waals surface area contributed by atoms with Gasteiger partial charge in [-0.25, -0.2) is 0 Å². The first-order valence-electron chi connectivity index (χ1n) is 4.64. The van der Waals surface area contributed by atoms with Gasteiger partial charge in [0.05, 0.1) is 12.2 Å². The van der Waals surface area contributed by atoms with Crippen LogP contribution in [-0.2, 0) is 7.05 Å². The fraction of sp³-hybridized carbons (Fsp3) is 0.444. The summed E-state index contributed by atoms with van der Waals surface area (Å²) >= 11 is 0. The molecule has 0 saturated carbocycles. The van der Waals surface area contributed by atoms with Gasteiger partial charge < -0.3 is 10.3 Å². The van der Waals surface area contributed by atoms with Crippen molar-refractivity contribution in [1.29, 1.82) is 0 Å². The second kappa shape index (κ2) is 3.47. The summed E-state index contributed by atoms with van der Waals surface area (Å²) in [6.07, 6.45) is 1.73. The van der Waals surface area contributed by atoms with Crippen molar-refractivity contribution in [3.8, 4) is 0 Å². The lowest BCUT2D eigenvalue weighted by Crippen LogP contribution is -2.14. The van der Waals surface area contributed by atoms with Crippen molar-refractivity contribution in [2.45, 2.75) is 19.9 Å². The molecule has 2 aromatic rings. The first-order valence-corrected chi connectivity index (χ1v) is 4.64. The number of hydrogen-bond donors (Lipinski definition) is 1. The maximum absolute atomic E-state index is 6.01. The zero-order chi connectivity index (χ0) is 11.0. The van der Waals surface area contributed by atoms with Gasteiger partial charge in [0.2, 0.25) is 5.89 Å². The Morgan fingerprint density at radius 3 is 2.67 bits per heavy atom. The molecule has 0 radical (unpaired) electrons. The minimum absolute atomic E-state index is 0.379. The minimum atomic E-state index is -0.379. The molecule has 0 saturated heterocycles. The van der Waals surface area contributed by atoms with Gasteiger partial charge in [-0.1, -0.05) is 5.16 Å². The molecule has 0 aliphatic heterocycles. The third kappa shape index (κ3) is 1.63. The molecule has 0 aromatic carbocycles. The van der Waals surface area contributed by atoms with E-state index in [1.807, 2.05) is 14.0 Å². The van der Waals surface area contributed by atoms with Crippen LogP contribution in [0, 0.1) is 13.8 Å². The smallest absolute Gasteiger partial charge is 0.223 e. The molecular formula is C9H13N5O. The van der Waals surface area contributed by atoms with Crippen molar-refractivity contribution < 1.29 is 4.52 Å². The zero-order valence-corrected chi connectivity index (χ0v) is 8.93. The molecule has 1 unspecified atom stereocenters. The summed E-state index contributed by atoms with van der Waals surface area (Å²) in [6.45, 7) is 3.69. The van der Waals surface area contributed by atoms with E-state index in [2.05, 4.69) is 15.2 Å². The second-order valence-electron chi connectivity index (χ2n) is 3.46. The molecule has 2 aromatic heterocycles. The SMILES string of the molecule is Cc1nc(C(N)c2cnn(C)c2C)no1. The molecule has 80 valence electrons. The third-order valence-electron chi connectivity index (χ3n) is 2.43. The van der Waals surface area contributed by atoms with E-state index in [0.29, 0.717) is 11.7 Å². The fourth-order valence-corrected chi connectivity index (χ4v) is 1.40. The first kappa shape index (κ1) is 9.85. The van der Waals surface area contributed by atoms with Gasteiger partial charge in [-0.3, -0.25) is 4.68 Å². The van der Waals surface area contributed by atoms with Crippen molar-refractivity contribution >= 4 is 0 Å². The van der Waals surface area contributed by atoms with Crippen LogP contribution < -0.4 is 5.73 Å². The Morgan fingerprint density at radius 2 is 2.20 bits per heavy atom. The number of aromatic nitrogens is 4. The molecule has 6 heteroatoms. The van der Waals surface area contributed by atoms with Crippen LogP contribution in [-0.4, -0.2) is 19.9 Å². The van der Waals surface area contributed by atoms with E-state index >= 15 is 0 Å². The van der Waals surface area contributed by atoms with Crippen LogP contribution in [0.5, 0.6) is 0 Å². The molecule has 2 heterocycles. The summed E-state index contributed by atoms with van der Waals surface area (Å²) in [5, 5.41) is 7.91. The molecule has 2 rings (SSSR count). The predicted octanol–water partition coefficient (Wildman–Crippen LogP) is 0.468. The molecule has 6 nitrogen and oxygen atoms in total. The minimum Gasteiger partial charge on any atom is -0.340 e. The van der Waals surface area contributed by atoms with Gasteiger partial charge in [0.15, 0.2) is 5.82 Å². The van der Waals surface area contributed by atoms with Gasteiger partial charge in [-0.2, -0.15) is 10.1 Å². The lowest BCUT2D eigenvalue weighted by atomic mass is 10.1. The van der Waals surface area contributed by atoms with Gasteiger partial charge >= 0.3 is 0 Å². The Labute approximate surface area is 87.1 Å². The molecule has 0 aliphatic carbocycles. The standard InChI is InChI=1S/C9H13N5O/c1-5-7(4-11-14(5)3)8(10)9-12-6(2)15-13-9/h4,8H,10H2,1-3H3. The number of aryl methyl sites for hydroxylation is 2. The number of hydrogen-bond acceptors (Lipinski definition) is 5. The molecule has 0 amide bonds. The van der Waals surface area contributed by atoms with Crippen molar-refractivity contribution in [3.63, 3.8) is 0 Å². The monoisotopic (exact) mass is 207 g/mol. The van der Waals surface area contributed by atoms with Gasteiger partial charge in [-0.05, 0) is 6.92 Å². The van der Waals surface area contributed by atoms with Crippen molar-refractivity contribution in [3.05, 3.63) is 29.2 Å². The highest BCUT2D eigenvalue weighted by Crippen LogP contribution is 2.19. The Kier molecular flexibility index (Phi) is 2.28. The summed E-state index contributed by atoms with van der Waals surface area (Å²) in [6, 6.07) is -0.379. The molecule has 2 N–H and O–H groups in total. The summed E-state index contributed by atoms with van der Waals surface area (Å²) in [5.41, 5.74) is 7.93. The molecular weight excluding hydrogens is 194 g/mol. The Balaban J connectivity index is 2.36. The molecule has 1 atom stereocenters. The molecule has 0 fully saturated rings. The zero-order valence-electron chi connectivity index (χ0n) is 8.93. The van der Waals surface area contributed by atoms with Crippen molar-refractivity contribution in [1.82, 2.24) is 19.9 Å². The predicted molar refractivity (Wildman–Crippen MR) is 53.0 cm³/mol. The molecule has 0 spiro atoms. The summed E-state index contributed by atoms with van der Waals surface area (Å²) < 4.78 is 6.65. The maximum Gasteiger partial charge on any atom is 0.223 e. The highest BCUT2D eigenvalue weighted by molar-refractivity contribution is 5.25. The highest BCUT2D eigenvalue weighted by atomic mass is 16.5. The first-order chi connectivity index (χ1) is 7.09. The molecule has 0 bridgehead atoms. The quantitative estimate of drug-likeness (QED) is 0.773. The molecule has 15 heavy (non-hydrogen) atoms. The van der Waals surface area contributed by atoms with Gasteiger partial charge in [-0.15, -0.1) is 0 Å². The Hall–Kier alpha value is -1.69. The van der Waals surface area contributed by atoms with E-state index in [-0.39, 0.29) is 6.04 Å². The van der Waals surface area contributed by atoms with Crippen LogP contribution in [0.4, 0.5) is 0 Å². The number of rotatable bonds is 2. The van der Waals surface area contributed by atoms with E-state index < -0.39 is 0 Å². The lowest BCUT2D eigenvalue weighted by molar-refractivity contribution is 0.385. The van der Waals surface area contributed by atoms with Gasteiger partial charge in [0.25, 0.3) is 0 Å². The average Bonchev–Trinajstić information content (AvgIpc) is 2.75. The summed E-state index contributed by atoms with van der Waals surface area (Å²) in [5.74, 6) is 1.01. The number of nitrogens with zero attached hydrogens (tertiary/aromatic N) is 4. The van der Waals surface area contributed by atoms with Crippen molar-refractivity contribution in [2.75, 3.05) is 0 Å². The van der Waals surface area contributed by atoms with E-state index in [0.717, 1.165) is 11.3 Å². The highest BCUT2D eigenvalue weighted by Gasteiger charge is 2.19. The van der Waals surface area contributed by atoms with E-state index in [1.54, 1.807) is 17.8 Å². The summed E-state index contributed by atoms with van der Waals surface area (Å²) in [4.78, 5) is 4.10. The normalized spacial score (nSPS) is 13.1. The van der Waals surface area contributed by atoms with E-state index in [1.165, 1.54) is 0 Å². The molecule has 0 aliphatic rings. The maximum atomic E-state index is 6.01. The fourth-order valence-electron chi connectivity index (χ4n) is 1.40. The van der Waals surface area contributed by atoms with Crippen LogP contribution in [0.1, 0.15) is 29.0 Å². The van der Waals surface area contributed by atoms with Gasteiger partial charge in [0, 0.05) is 25.2 Å². The summed E-state index contributed by atoms with van der Waals surface area (Å²) in [7, 11) is 1.87. The average molecular weight is 207 g/mol. The van der Waals surface area contributed by atoms with Gasteiger partial charge in [0.1, 0.15) is 0 Å². The van der Waals surface area contributed by atoms with Crippen LogP contribution in [0.3, 0.4) is 0 Å². The Morgan fingerprint density at radius 1 is 1.47 bits per heavy atom. The largest absolute Gasteiger partial charge is 0.340 e. The lowest BCUT2D eigenvalue weighted by Gasteiger charge is -2.05. The van der Waals surface area contributed by atoms with Crippen LogP contribution in [0.25, 0.3) is 0 Å². The van der Waals surface area contributed by atoms with Crippen LogP contribution in [0.2, 0.25) is 0 Å². The van der Waals surface area contributed by atoms with Crippen molar-refractivity contribution in [2.24, 2.45) is 12.8 Å². The Bertz CT molecular complexity index is 473. The van der Waals surface area contributed by atoms with E-state index in [4.69, 9.17) is 10.3 Å². The second-order valence-corrected chi connectivity index (χ2v) is 3.46. The topological polar surface area (TPSA) is 82.8 Å².